The molecule has 2 heteroatoms. The van der Waals surface area contributed by atoms with Crippen LogP contribution in [0.3, 0.4) is 0 Å². The smallest absolute Gasteiger partial charge is 0.0991 e. The highest BCUT2D eigenvalue weighted by Crippen LogP contribution is 2.36. The van der Waals surface area contributed by atoms with E-state index in [4.69, 9.17) is 4.99 Å². The third kappa shape index (κ3) is 3.31. The summed E-state index contributed by atoms with van der Waals surface area (Å²) in [5.74, 6) is 0.0764. The first-order valence-corrected chi connectivity index (χ1v) is 8.49. The lowest BCUT2D eigenvalue weighted by molar-refractivity contribution is 0.880. The van der Waals surface area contributed by atoms with Crippen LogP contribution >= 0.6 is 0 Å². The zero-order valence-corrected chi connectivity index (χ0v) is 14.3. The highest BCUT2D eigenvalue weighted by molar-refractivity contribution is 5.61. The van der Waals surface area contributed by atoms with Gasteiger partial charge in [0, 0.05) is 11.9 Å². The molecule has 0 saturated heterocycles. The third-order valence-electron chi connectivity index (χ3n) is 4.73. The molecule has 0 aliphatic carbocycles. The quantitative estimate of drug-likeness (QED) is 0.742. The Labute approximate surface area is 144 Å². The van der Waals surface area contributed by atoms with Crippen LogP contribution in [0.25, 0.3) is 0 Å². The molecule has 3 rings (SSSR count). The Hall–Kier alpha value is -2.66. The summed E-state index contributed by atoms with van der Waals surface area (Å²) in [6, 6.07) is 16.6. The van der Waals surface area contributed by atoms with Gasteiger partial charge in [-0.25, -0.2) is 0 Å². The maximum absolute atomic E-state index is 9.27. The van der Waals surface area contributed by atoms with Crippen LogP contribution in [0.1, 0.15) is 53.0 Å². The molecule has 0 N–H and O–H groups in total. The van der Waals surface area contributed by atoms with Crippen molar-refractivity contribution in [1.29, 1.82) is 5.26 Å². The minimum atomic E-state index is 0.0764. The van der Waals surface area contributed by atoms with E-state index in [1.54, 1.807) is 0 Å². The zero-order valence-electron chi connectivity index (χ0n) is 14.3. The van der Waals surface area contributed by atoms with Crippen molar-refractivity contribution >= 4 is 6.21 Å². The molecule has 0 amide bonds. The Kier molecular flexibility index (Phi) is 4.91. The van der Waals surface area contributed by atoms with Crippen LogP contribution in [0, 0.1) is 25.2 Å². The van der Waals surface area contributed by atoms with Gasteiger partial charge in [0.1, 0.15) is 0 Å². The van der Waals surface area contributed by atoms with Gasteiger partial charge >= 0.3 is 0 Å². The van der Waals surface area contributed by atoms with Crippen molar-refractivity contribution in [1.82, 2.24) is 0 Å². The van der Waals surface area contributed by atoms with Crippen molar-refractivity contribution < 1.29 is 0 Å². The number of nitriles is 1. The minimum Gasteiger partial charge on any atom is -0.265 e. The van der Waals surface area contributed by atoms with Crippen molar-refractivity contribution in [3.05, 3.63) is 82.1 Å². The van der Waals surface area contributed by atoms with E-state index in [2.05, 4.69) is 50.3 Å². The number of nitrogens with zero attached hydrogens (tertiary/aromatic N) is 2. The first kappa shape index (κ1) is 16.2. The molecule has 0 aromatic heterocycles. The van der Waals surface area contributed by atoms with Crippen molar-refractivity contribution in [3.8, 4) is 6.07 Å². The molecule has 2 nitrogen and oxygen atoms in total. The third-order valence-corrected chi connectivity index (χ3v) is 4.73. The van der Waals surface area contributed by atoms with E-state index in [1.165, 1.54) is 16.7 Å². The summed E-state index contributed by atoms with van der Waals surface area (Å²) < 4.78 is 0. The molecule has 120 valence electrons. The summed E-state index contributed by atoms with van der Waals surface area (Å²) in [6.07, 6.45) is 7.51. The first-order valence-electron chi connectivity index (χ1n) is 8.49. The zero-order chi connectivity index (χ0) is 16.9. The van der Waals surface area contributed by atoms with Crippen molar-refractivity contribution in [2.24, 2.45) is 4.99 Å². The molecular weight excluding hydrogens is 292 g/mol. The minimum absolute atomic E-state index is 0.0764. The molecule has 0 spiro atoms. The average molecular weight is 314 g/mol. The average Bonchev–Trinajstić information content (AvgIpc) is 2.88. The summed E-state index contributed by atoms with van der Waals surface area (Å²) in [6.45, 7) is 4.32. The van der Waals surface area contributed by atoms with Crippen LogP contribution in [0.4, 0.5) is 0 Å². The van der Waals surface area contributed by atoms with Crippen molar-refractivity contribution in [2.45, 2.75) is 39.0 Å². The van der Waals surface area contributed by atoms with Crippen LogP contribution in [-0.2, 0) is 0 Å². The molecule has 0 radical (unpaired) electrons. The van der Waals surface area contributed by atoms with Crippen LogP contribution in [0.5, 0.6) is 0 Å². The summed E-state index contributed by atoms with van der Waals surface area (Å²) in [5, 5.41) is 9.27. The van der Waals surface area contributed by atoms with E-state index >= 15 is 0 Å². The Morgan fingerprint density at radius 1 is 1.08 bits per heavy atom. The second-order valence-electron chi connectivity index (χ2n) is 6.33. The van der Waals surface area contributed by atoms with Gasteiger partial charge in [-0.2, -0.15) is 5.26 Å². The van der Waals surface area contributed by atoms with E-state index in [0.717, 1.165) is 30.5 Å². The molecule has 0 fully saturated rings. The summed E-state index contributed by atoms with van der Waals surface area (Å²) in [5.41, 5.74) is 6.78. The summed E-state index contributed by atoms with van der Waals surface area (Å²) in [4.78, 5) is 4.76. The fraction of sp³-hybridized carbons (Fsp3) is 0.273. The first-order chi connectivity index (χ1) is 11.7. The van der Waals surface area contributed by atoms with Crippen LogP contribution in [-0.4, -0.2) is 6.21 Å². The molecular formula is C22H22N2. The van der Waals surface area contributed by atoms with Crippen molar-refractivity contribution in [2.75, 3.05) is 0 Å². The highest BCUT2D eigenvalue weighted by Gasteiger charge is 2.22. The van der Waals surface area contributed by atoms with E-state index < -0.39 is 0 Å². The number of rotatable bonds is 3. The largest absolute Gasteiger partial charge is 0.265 e. The van der Waals surface area contributed by atoms with E-state index in [1.807, 2.05) is 24.4 Å². The second-order valence-corrected chi connectivity index (χ2v) is 6.33. The van der Waals surface area contributed by atoms with Gasteiger partial charge in [0.05, 0.1) is 17.6 Å². The highest BCUT2D eigenvalue weighted by atomic mass is 14.7. The van der Waals surface area contributed by atoms with Gasteiger partial charge in [0.2, 0.25) is 0 Å². The van der Waals surface area contributed by atoms with Crippen LogP contribution in [0.15, 0.2) is 59.2 Å². The van der Waals surface area contributed by atoms with Crippen LogP contribution in [0.2, 0.25) is 0 Å². The molecule has 1 heterocycles. The topological polar surface area (TPSA) is 36.1 Å². The van der Waals surface area contributed by atoms with E-state index in [9.17, 15) is 5.26 Å². The molecule has 1 unspecified atom stereocenters. The summed E-state index contributed by atoms with van der Waals surface area (Å²) in [7, 11) is 0. The van der Waals surface area contributed by atoms with Gasteiger partial charge in [-0.1, -0.05) is 36.4 Å². The summed E-state index contributed by atoms with van der Waals surface area (Å²) >= 11 is 0. The van der Waals surface area contributed by atoms with Crippen molar-refractivity contribution in [3.63, 3.8) is 0 Å². The maximum atomic E-state index is 9.27. The normalized spacial score (nSPS) is 15.3. The molecule has 2 aromatic carbocycles. The van der Waals surface area contributed by atoms with E-state index in [-0.39, 0.29) is 5.92 Å². The number of aryl methyl sites for hydroxylation is 1. The van der Waals surface area contributed by atoms with Gasteiger partial charge in [0.15, 0.2) is 0 Å². The Bertz CT molecular complexity index is 837. The van der Waals surface area contributed by atoms with Gasteiger partial charge in [-0.05, 0) is 67.5 Å². The van der Waals surface area contributed by atoms with Gasteiger partial charge in [0.25, 0.3) is 0 Å². The molecule has 1 atom stereocenters. The number of hydrogen-bond donors (Lipinski definition) is 0. The molecule has 0 saturated carbocycles. The number of hydrogen-bond acceptors (Lipinski definition) is 2. The molecule has 0 bridgehead atoms. The molecule has 1 aliphatic rings. The number of allylic oxidation sites excluding steroid dienone is 2. The second kappa shape index (κ2) is 7.27. The molecule has 24 heavy (non-hydrogen) atoms. The van der Waals surface area contributed by atoms with Gasteiger partial charge in [-0.3, -0.25) is 4.99 Å². The Morgan fingerprint density at radius 3 is 2.75 bits per heavy atom. The van der Waals surface area contributed by atoms with Gasteiger partial charge in [-0.15, -0.1) is 0 Å². The number of benzene rings is 2. The van der Waals surface area contributed by atoms with E-state index in [0.29, 0.717) is 5.56 Å². The Balaban J connectivity index is 2.19. The molecule has 1 aliphatic heterocycles. The lowest BCUT2D eigenvalue weighted by Crippen LogP contribution is -2.07. The number of aliphatic imine (C=N–C) groups is 1. The SMILES string of the molecule is Cc1cccc(C(C2=CCCCC=N2)c2cccc(C#N)c2)c1C. The Morgan fingerprint density at radius 2 is 1.92 bits per heavy atom. The van der Waals surface area contributed by atoms with Crippen LogP contribution < -0.4 is 0 Å². The standard InChI is InChI=1S/C22H22N2/c1-16-8-6-11-20(17(16)2)22(21-12-4-3-5-13-24-21)19-10-7-9-18(14-19)15-23/h6-14,22H,3-5H2,1-2H3. The fourth-order valence-corrected chi connectivity index (χ4v) is 3.26. The lowest BCUT2D eigenvalue weighted by Gasteiger charge is -2.22. The molecule has 2 aromatic rings. The maximum Gasteiger partial charge on any atom is 0.0991 e. The lowest BCUT2D eigenvalue weighted by atomic mass is 9.84. The monoisotopic (exact) mass is 314 g/mol. The predicted octanol–water partition coefficient (Wildman–Crippen LogP) is 5.45. The fourth-order valence-electron chi connectivity index (χ4n) is 3.26. The van der Waals surface area contributed by atoms with Gasteiger partial charge < -0.3 is 0 Å². The predicted molar refractivity (Wildman–Crippen MR) is 99.3 cm³/mol.